The van der Waals surface area contributed by atoms with E-state index in [1.165, 1.54) is 17.7 Å². The van der Waals surface area contributed by atoms with E-state index in [1.54, 1.807) is 21.6 Å². The molecule has 32 heavy (non-hydrogen) atoms. The molecule has 3 aromatic rings. The highest BCUT2D eigenvalue weighted by Gasteiger charge is 2.33. The van der Waals surface area contributed by atoms with Crippen LogP contribution in [-0.2, 0) is 17.7 Å². The van der Waals surface area contributed by atoms with Gasteiger partial charge in [-0.05, 0) is 47.7 Å². The van der Waals surface area contributed by atoms with Gasteiger partial charge in [-0.3, -0.25) is 9.69 Å². The van der Waals surface area contributed by atoms with Crippen LogP contribution >= 0.6 is 0 Å². The minimum atomic E-state index is -0.351. The third-order valence-corrected chi connectivity index (χ3v) is 6.37. The molecule has 0 unspecified atom stereocenters. The van der Waals surface area contributed by atoms with E-state index < -0.39 is 0 Å². The Bertz CT molecular complexity index is 1220. The summed E-state index contributed by atoms with van der Waals surface area (Å²) in [5, 5.41) is 4.20. The molecule has 1 aromatic heterocycles. The van der Waals surface area contributed by atoms with Crippen LogP contribution in [-0.4, -0.2) is 36.4 Å². The summed E-state index contributed by atoms with van der Waals surface area (Å²) in [6.07, 6.45) is 1.46. The Hall–Kier alpha value is -3.19. The monoisotopic (exact) mass is 435 g/mol. The number of hydrogen-bond acceptors (Lipinski definition) is 4. The first-order valence-corrected chi connectivity index (χ1v) is 11.1. The van der Waals surface area contributed by atoms with Gasteiger partial charge in [-0.15, -0.1) is 0 Å². The van der Waals surface area contributed by atoms with Crippen LogP contribution in [0.1, 0.15) is 30.4 Å². The molecule has 3 heterocycles. The summed E-state index contributed by atoms with van der Waals surface area (Å²) in [6, 6.07) is 14.5. The van der Waals surface area contributed by atoms with Gasteiger partial charge in [-0.1, -0.05) is 25.5 Å². The smallest absolute Gasteiger partial charge is 0.414 e. The van der Waals surface area contributed by atoms with Gasteiger partial charge in [-0.2, -0.15) is 0 Å². The van der Waals surface area contributed by atoms with E-state index in [0.29, 0.717) is 37.3 Å². The number of anilines is 1. The van der Waals surface area contributed by atoms with Crippen LogP contribution in [0.4, 0.5) is 14.9 Å². The van der Waals surface area contributed by atoms with Gasteiger partial charge in [0.15, 0.2) is 0 Å². The van der Waals surface area contributed by atoms with E-state index in [-0.39, 0.29) is 29.5 Å². The first kappa shape index (κ1) is 20.7. The summed E-state index contributed by atoms with van der Waals surface area (Å²) >= 11 is 0. The minimum Gasteiger partial charge on any atom is -0.443 e. The fourth-order valence-corrected chi connectivity index (χ4v) is 4.83. The van der Waals surface area contributed by atoms with Crippen molar-refractivity contribution in [2.75, 3.05) is 24.5 Å². The summed E-state index contributed by atoms with van der Waals surface area (Å²) in [6.45, 7) is 4.01. The molecule has 2 aliphatic heterocycles. The maximum absolute atomic E-state index is 14.6. The Balaban J connectivity index is 1.22. The maximum atomic E-state index is 14.6. The van der Waals surface area contributed by atoms with Gasteiger partial charge in [0.25, 0.3) is 5.56 Å². The standard InChI is InChI=1S/C25H26FN3O3/c1-2-3-16-4-8-19(9-5-16)28-15-20(32-25(28)31)13-27-12-18-14-29-22(30)11-7-17-6-10-21(26)23(18)24(17)29/h4-11,18,20,27H,2-3,12-15H2,1H3/t18-,20+/m0/s1. The quantitative estimate of drug-likeness (QED) is 0.613. The number of cyclic esters (lactones) is 1. The predicted octanol–water partition coefficient (Wildman–Crippen LogP) is 3.81. The second-order valence-electron chi connectivity index (χ2n) is 8.57. The van der Waals surface area contributed by atoms with Crippen molar-refractivity contribution < 1.29 is 13.9 Å². The molecule has 2 aromatic carbocycles. The molecular weight excluding hydrogens is 409 g/mol. The molecule has 7 heteroatoms. The molecule has 0 spiro atoms. The van der Waals surface area contributed by atoms with E-state index in [1.807, 2.05) is 24.3 Å². The number of nitrogens with one attached hydrogen (secondary N) is 1. The number of hydrogen-bond donors (Lipinski definition) is 1. The molecule has 0 saturated carbocycles. The second kappa shape index (κ2) is 8.39. The van der Waals surface area contributed by atoms with Crippen molar-refractivity contribution in [2.45, 2.75) is 38.3 Å². The summed E-state index contributed by atoms with van der Waals surface area (Å²) < 4.78 is 21.8. The zero-order chi connectivity index (χ0) is 22.2. The zero-order valence-corrected chi connectivity index (χ0v) is 18.0. The molecule has 1 amide bonds. The number of pyridine rings is 1. The van der Waals surface area contributed by atoms with Gasteiger partial charge in [0, 0.05) is 42.9 Å². The number of carbonyl (C=O) groups excluding carboxylic acids is 1. The number of amides is 1. The summed E-state index contributed by atoms with van der Waals surface area (Å²) in [4.78, 5) is 26.3. The fraction of sp³-hybridized carbons (Fsp3) is 0.360. The lowest BCUT2D eigenvalue weighted by molar-refractivity contribution is 0.140. The Kier molecular flexibility index (Phi) is 5.43. The number of benzene rings is 2. The third kappa shape index (κ3) is 3.66. The largest absolute Gasteiger partial charge is 0.443 e. The van der Waals surface area contributed by atoms with Crippen LogP contribution < -0.4 is 15.8 Å². The van der Waals surface area contributed by atoms with E-state index in [2.05, 4.69) is 12.2 Å². The fourth-order valence-electron chi connectivity index (χ4n) is 4.83. The highest BCUT2D eigenvalue weighted by Crippen LogP contribution is 2.34. The SMILES string of the molecule is CCCc1ccc(N2C[C@@H](CNC[C@H]3Cn4c(=O)ccc5ccc(F)c3c54)OC2=O)cc1. The minimum absolute atomic E-state index is 0.114. The Morgan fingerprint density at radius 2 is 1.81 bits per heavy atom. The Labute approximate surface area is 185 Å². The molecule has 2 aliphatic rings. The number of halogens is 1. The molecule has 1 saturated heterocycles. The van der Waals surface area contributed by atoms with Crippen molar-refractivity contribution >= 4 is 22.7 Å². The number of nitrogens with zero attached hydrogens (tertiary/aromatic N) is 2. The van der Waals surface area contributed by atoms with Gasteiger partial charge in [0.05, 0.1) is 12.1 Å². The second-order valence-corrected chi connectivity index (χ2v) is 8.57. The first-order chi connectivity index (χ1) is 15.5. The third-order valence-electron chi connectivity index (χ3n) is 6.37. The molecule has 2 atom stereocenters. The van der Waals surface area contributed by atoms with Crippen molar-refractivity contribution in [2.24, 2.45) is 0 Å². The summed E-state index contributed by atoms with van der Waals surface area (Å²) in [7, 11) is 0. The van der Waals surface area contributed by atoms with E-state index in [9.17, 15) is 14.0 Å². The Morgan fingerprint density at radius 1 is 1.03 bits per heavy atom. The van der Waals surface area contributed by atoms with Crippen LogP contribution in [0.2, 0.25) is 0 Å². The molecule has 0 bridgehead atoms. The van der Waals surface area contributed by atoms with Crippen molar-refractivity contribution in [3.05, 3.63) is 75.8 Å². The number of carbonyl (C=O) groups is 1. The van der Waals surface area contributed by atoms with Gasteiger partial charge < -0.3 is 14.6 Å². The van der Waals surface area contributed by atoms with Crippen LogP contribution in [0.25, 0.3) is 10.9 Å². The van der Waals surface area contributed by atoms with Crippen molar-refractivity contribution in [3.63, 3.8) is 0 Å². The molecule has 166 valence electrons. The normalized spacial score (nSPS) is 19.7. The van der Waals surface area contributed by atoms with Crippen LogP contribution in [0.3, 0.4) is 0 Å². The first-order valence-electron chi connectivity index (χ1n) is 11.1. The molecule has 1 fully saturated rings. The number of ether oxygens (including phenoxy) is 1. The lowest BCUT2D eigenvalue weighted by Crippen LogP contribution is -2.33. The zero-order valence-electron chi connectivity index (χ0n) is 18.0. The topological polar surface area (TPSA) is 63.6 Å². The van der Waals surface area contributed by atoms with Gasteiger partial charge in [0.2, 0.25) is 0 Å². The van der Waals surface area contributed by atoms with Crippen molar-refractivity contribution in [1.29, 1.82) is 0 Å². The van der Waals surface area contributed by atoms with Crippen molar-refractivity contribution in [1.82, 2.24) is 9.88 Å². The van der Waals surface area contributed by atoms with Crippen LogP contribution in [0.5, 0.6) is 0 Å². The number of rotatable bonds is 7. The van der Waals surface area contributed by atoms with E-state index in [4.69, 9.17) is 4.74 Å². The maximum Gasteiger partial charge on any atom is 0.414 e. The average molecular weight is 435 g/mol. The Morgan fingerprint density at radius 3 is 2.59 bits per heavy atom. The van der Waals surface area contributed by atoms with Gasteiger partial charge in [0.1, 0.15) is 11.9 Å². The summed E-state index contributed by atoms with van der Waals surface area (Å²) in [5.41, 5.74) is 3.24. The molecular formula is C25H26FN3O3. The van der Waals surface area contributed by atoms with Gasteiger partial charge in [-0.25, -0.2) is 9.18 Å². The van der Waals surface area contributed by atoms with E-state index >= 15 is 0 Å². The van der Waals surface area contributed by atoms with Crippen LogP contribution in [0.15, 0.2) is 53.3 Å². The molecule has 0 aliphatic carbocycles. The van der Waals surface area contributed by atoms with Crippen LogP contribution in [0, 0.1) is 5.82 Å². The number of aromatic nitrogens is 1. The molecule has 6 nitrogen and oxygen atoms in total. The average Bonchev–Trinajstić information content (AvgIpc) is 3.36. The van der Waals surface area contributed by atoms with E-state index in [0.717, 1.165) is 23.9 Å². The highest BCUT2D eigenvalue weighted by atomic mass is 19.1. The predicted molar refractivity (Wildman–Crippen MR) is 122 cm³/mol. The molecule has 5 rings (SSSR count). The molecule has 0 radical (unpaired) electrons. The number of aryl methyl sites for hydroxylation is 1. The van der Waals surface area contributed by atoms with Crippen molar-refractivity contribution in [3.8, 4) is 0 Å². The lowest BCUT2D eigenvalue weighted by Gasteiger charge is -2.15. The highest BCUT2D eigenvalue weighted by molar-refractivity contribution is 5.89. The summed E-state index contributed by atoms with van der Waals surface area (Å²) in [5.74, 6) is -0.431. The lowest BCUT2D eigenvalue weighted by atomic mass is 9.99. The van der Waals surface area contributed by atoms with Gasteiger partial charge >= 0.3 is 6.09 Å². The molecule has 1 N–H and O–H groups in total.